The number of aryl methyl sites for hydroxylation is 1. The third kappa shape index (κ3) is 2.46. The van der Waals surface area contributed by atoms with Gasteiger partial charge in [0.15, 0.2) is 5.69 Å². The van der Waals surface area contributed by atoms with Crippen molar-refractivity contribution in [2.75, 3.05) is 12.4 Å². The second kappa shape index (κ2) is 5.61. The van der Waals surface area contributed by atoms with E-state index in [9.17, 15) is 9.59 Å². The molecule has 0 atom stereocenters. The number of fused-ring (bicyclic) bond motifs is 1. The molecule has 0 fully saturated rings. The lowest BCUT2D eigenvalue weighted by Gasteiger charge is -2.05. The van der Waals surface area contributed by atoms with Crippen LogP contribution in [0, 0.1) is 6.92 Å². The molecule has 1 amide bonds. The maximum atomic E-state index is 12.2. The normalized spacial score (nSPS) is 10.6. The van der Waals surface area contributed by atoms with E-state index in [0.29, 0.717) is 21.5 Å². The number of aromatic nitrogens is 2. The van der Waals surface area contributed by atoms with Crippen LogP contribution in [0.15, 0.2) is 29.6 Å². The Morgan fingerprint density at radius 3 is 2.82 bits per heavy atom. The van der Waals surface area contributed by atoms with Crippen LogP contribution in [0.4, 0.5) is 5.69 Å². The van der Waals surface area contributed by atoms with E-state index in [2.05, 4.69) is 15.5 Å². The van der Waals surface area contributed by atoms with Gasteiger partial charge in [0.1, 0.15) is 0 Å². The number of rotatable bonds is 3. The molecule has 22 heavy (non-hydrogen) atoms. The number of carbonyl (C=O) groups excluding carboxylic acids is 2. The Hall–Kier alpha value is -2.67. The number of hydrogen-bond acceptors (Lipinski definition) is 5. The number of thiophene rings is 1. The molecule has 112 valence electrons. The van der Waals surface area contributed by atoms with Gasteiger partial charge < -0.3 is 10.1 Å². The van der Waals surface area contributed by atoms with Crippen molar-refractivity contribution in [3.63, 3.8) is 0 Å². The summed E-state index contributed by atoms with van der Waals surface area (Å²) in [6.45, 7) is 1.89. The van der Waals surface area contributed by atoms with E-state index in [-0.39, 0.29) is 11.6 Å². The van der Waals surface area contributed by atoms with Crippen molar-refractivity contribution in [1.29, 1.82) is 0 Å². The van der Waals surface area contributed by atoms with Gasteiger partial charge in [-0.05, 0) is 42.1 Å². The van der Waals surface area contributed by atoms with Crippen molar-refractivity contribution >= 4 is 39.8 Å². The molecule has 1 aromatic carbocycles. The fourth-order valence-corrected chi connectivity index (χ4v) is 2.96. The maximum absolute atomic E-state index is 12.2. The number of aromatic amines is 1. The molecule has 0 radical (unpaired) electrons. The first-order valence-electron chi connectivity index (χ1n) is 6.52. The number of benzene rings is 1. The first kappa shape index (κ1) is 14.3. The monoisotopic (exact) mass is 315 g/mol. The summed E-state index contributed by atoms with van der Waals surface area (Å²) in [5.74, 6) is -0.696. The lowest BCUT2D eigenvalue weighted by molar-refractivity contribution is 0.0596. The number of esters is 1. The number of nitrogens with zero attached hydrogens (tertiary/aromatic N) is 1. The number of carbonyl (C=O) groups is 2. The number of amides is 1. The molecule has 2 N–H and O–H groups in total. The van der Waals surface area contributed by atoms with Crippen molar-refractivity contribution in [2.24, 2.45) is 0 Å². The van der Waals surface area contributed by atoms with Crippen LogP contribution in [-0.4, -0.2) is 29.2 Å². The second-order valence-electron chi connectivity index (χ2n) is 4.71. The Kier molecular flexibility index (Phi) is 3.64. The second-order valence-corrected chi connectivity index (χ2v) is 5.63. The zero-order valence-electron chi connectivity index (χ0n) is 12.0. The minimum Gasteiger partial charge on any atom is -0.464 e. The predicted molar refractivity (Wildman–Crippen MR) is 84.4 cm³/mol. The van der Waals surface area contributed by atoms with E-state index in [4.69, 9.17) is 4.74 Å². The van der Waals surface area contributed by atoms with Crippen molar-refractivity contribution < 1.29 is 14.3 Å². The molecule has 6 nitrogen and oxygen atoms in total. The topological polar surface area (TPSA) is 84.1 Å². The Labute approximate surface area is 130 Å². The molecule has 0 spiro atoms. The van der Waals surface area contributed by atoms with Gasteiger partial charge in [-0.1, -0.05) is 0 Å². The molecule has 0 aliphatic rings. The van der Waals surface area contributed by atoms with Gasteiger partial charge in [-0.2, -0.15) is 5.10 Å². The number of methoxy groups -OCH3 is 1. The number of ether oxygens (including phenoxy) is 1. The minimum absolute atomic E-state index is 0.171. The van der Waals surface area contributed by atoms with Gasteiger partial charge in [-0.25, -0.2) is 4.79 Å². The van der Waals surface area contributed by atoms with Crippen molar-refractivity contribution in [3.05, 3.63) is 45.8 Å². The van der Waals surface area contributed by atoms with Crippen LogP contribution < -0.4 is 5.32 Å². The van der Waals surface area contributed by atoms with Crippen LogP contribution in [0.1, 0.15) is 25.7 Å². The quantitative estimate of drug-likeness (QED) is 0.728. The average molecular weight is 315 g/mol. The fraction of sp³-hybridized carbons (Fsp3) is 0.133. The first-order valence-corrected chi connectivity index (χ1v) is 7.40. The van der Waals surface area contributed by atoms with E-state index < -0.39 is 5.97 Å². The van der Waals surface area contributed by atoms with Crippen LogP contribution in [0.2, 0.25) is 0 Å². The molecule has 0 saturated heterocycles. The average Bonchev–Trinajstić information content (AvgIpc) is 3.12. The van der Waals surface area contributed by atoms with Crippen LogP contribution >= 0.6 is 11.3 Å². The summed E-state index contributed by atoms with van der Waals surface area (Å²) in [5.41, 5.74) is 2.42. The predicted octanol–water partition coefficient (Wildman–Crippen LogP) is 2.97. The Bertz CT molecular complexity index is 866. The molecule has 3 rings (SSSR count). The molecule has 7 heteroatoms. The number of nitrogens with one attached hydrogen (secondary N) is 2. The highest BCUT2D eigenvalue weighted by Crippen LogP contribution is 2.23. The first-order chi connectivity index (χ1) is 10.6. The van der Waals surface area contributed by atoms with E-state index in [1.807, 2.05) is 18.4 Å². The third-order valence-corrected chi connectivity index (χ3v) is 4.28. The molecule has 0 unspecified atom stereocenters. The summed E-state index contributed by atoms with van der Waals surface area (Å²) in [4.78, 5) is 24.6. The van der Waals surface area contributed by atoms with Gasteiger partial charge in [0.2, 0.25) is 0 Å². The van der Waals surface area contributed by atoms with E-state index in [1.54, 1.807) is 18.2 Å². The Morgan fingerprint density at radius 2 is 2.14 bits per heavy atom. The van der Waals surface area contributed by atoms with Gasteiger partial charge in [0.05, 0.1) is 17.5 Å². The number of H-pyrrole nitrogens is 1. The summed E-state index contributed by atoms with van der Waals surface area (Å²) < 4.78 is 4.69. The van der Waals surface area contributed by atoms with Crippen LogP contribution in [0.5, 0.6) is 0 Å². The SMILES string of the molecule is COC(=O)c1n[nH]c2ccc(NC(=O)c3sccc3C)cc12. The summed E-state index contributed by atoms with van der Waals surface area (Å²) in [6, 6.07) is 7.11. The Balaban J connectivity index is 1.93. The summed E-state index contributed by atoms with van der Waals surface area (Å²) in [7, 11) is 1.30. The van der Waals surface area contributed by atoms with Gasteiger partial charge in [0.25, 0.3) is 5.91 Å². The van der Waals surface area contributed by atoms with Crippen LogP contribution in [0.25, 0.3) is 10.9 Å². The van der Waals surface area contributed by atoms with Gasteiger partial charge in [0, 0.05) is 11.1 Å². The van der Waals surface area contributed by atoms with E-state index in [0.717, 1.165) is 5.56 Å². The minimum atomic E-state index is -0.524. The zero-order chi connectivity index (χ0) is 15.7. The molecule has 0 bridgehead atoms. The van der Waals surface area contributed by atoms with Gasteiger partial charge >= 0.3 is 5.97 Å². The smallest absolute Gasteiger partial charge is 0.359 e. The standard InChI is InChI=1S/C15H13N3O3S/c1-8-5-6-22-13(8)14(19)16-9-3-4-11-10(7-9)12(18-17-11)15(20)21-2/h3-7H,1-2H3,(H,16,19)(H,17,18). The highest BCUT2D eigenvalue weighted by molar-refractivity contribution is 7.12. The molecular weight excluding hydrogens is 302 g/mol. The van der Waals surface area contributed by atoms with Crippen LogP contribution in [0.3, 0.4) is 0 Å². The molecule has 3 aromatic rings. The lowest BCUT2D eigenvalue weighted by atomic mass is 10.2. The fourth-order valence-electron chi connectivity index (χ4n) is 2.14. The summed E-state index contributed by atoms with van der Waals surface area (Å²) >= 11 is 1.39. The molecule has 2 aromatic heterocycles. The Morgan fingerprint density at radius 1 is 1.32 bits per heavy atom. The molecule has 2 heterocycles. The third-order valence-electron chi connectivity index (χ3n) is 3.27. The highest BCUT2D eigenvalue weighted by Gasteiger charge is 2.16. The number of anilines is 1. The van der Waals surface area contributed by atoms with Gasteiger partial charge in [-0.3, -0.25) is 9.89 Å². The van der Waals surface area contributed by atoms with Gasteiger partial charge in [-0.15, -0.1) is 11.3 Å². The van der Waals surface area contributed by atoms with E-state index >= 15 is 0 Å². The number of hydrogen-bond donors (Lipinski definition) is 2. The van der Waals surface area contributed by atoms with E-state index in [1.165, 1.54) is 18.4 Å². The molecular formula is C15H13N3O3S. The lowest BCUT2D eigenvalue weighted by Crippen LogP contribution is -2.11. The molecule has 0 aliphatic heterocycles. The van der Waals surface area contributed by atoms with Crippen molar-refractivity contribution in [1.82, 2.24) is 10.2 Å². The van der Waals surface area contributed by atoms with Crippen molar-refractivity contribution in [2.45, 2.75) is 6.92 Å². The largest absolute Gasteiger partial charge is 0.464 e. The summed E-state index contributed by atoms with van der Waals surface area (Å²) in [6.07, 6.45) is 0. The van der Waals surface area contributed by atoms with Crippen molar-refractivity contribution in [3.8, 4) is 0 Å². The molecule has 0 aliphatic carbocycles. The molecule has 0 saturated carbocycles. The summed E-state index contributed by atoms with van der Waals surface area (Å²) in [5, 5.41) is 12.0. The van der Waals surface area contributed by atoms with Crippen LogP contribution in [-0.2, 0) is 4.74 Å². The zero-order valence-corrected chi connectivity index (χ0v) is 12.8. The maximum Gasteiger partial charge on any atom is 0.359 e. The highest BCUT2D eigenvalue weighted by atomic mass is 32.1.